The summed E-state index contributed by atoms with van der Waals surface area (Å²) in [6, 6.07) is 29.4. The second kappa shape index (κ2) is 7.95. The summed E-state index contributed by atoms with van der Waals surface area (Å²) < 4.78 is 13.0. The van der Waals surface area contributed by atoms with Crippen molar-refractivity contribution < 1.29 is 19.0 Å². The van der Waals surface area contributed by atoms with Crippen molar-refractivity contribution in [2.24, 2.45) is 0 Å². The molecule has 6 heteroatoms. The summed E-state index contributed by atoms with van der Waals surface area (Å²) in [5.41, 5.74) is 2.94. The minimum atomic E-state index is -0.378. The number of fused-ring (bicyclic) bond motifs is 6. The summed E-state index contributed by atoms with van der Waals surface area (Å²) in [5.74, 6) is 1.61. The van der Waals surface area contributed by atoms with E-state index in [1.54, 1.807) is 38.5 Å². The van der Waals surface area contributed by atoms with Crippen LogP contribution in [0.25, 0.3) is 49.0 Å². The first-order chi connectivity index (χ1) is 17.1. The molecule has 6 aromatic rings. The fourth-order valence-corrected chi connectivity index (χ4v) is 4.86. The SMILES string of the molecule is COc1ccc2c(ccc3c2cc2c4ccc(OC)cc4ccc2[n+]3-c2ccc([N+](=O)[O-])cc2)c1. The number of aromatic nitrogens is 1. The van der Waals surface area contributed by atoms with Crippen molar-refractivity contribution in [1.82, 2.24) is 0 Å². The molecule has 0 aliphatic rings. The predicted molar refractivity (Wildman–Crippen MR) is 138 cm³/mol. The molecule has 0 amide bonds. The van der Waals surface area contributed by atoms with E-state index in [4.69, 9.17) is 9.47 Å². The smallest absolute Gasteiger partial charge is 0.269 e. The topological polar surface area (TPSA) is 65.5 Å². The van der Waals surface area contributed by atoms with Crippen LogP contribution in [-0.4, -0.2) is 19.1 Å². The Morgan fingerprint density at radius 1 is 0.629 bits per heavy atom. The van der Waals surface area contributed by atoms with Crippen LogP contribution in [-0.2, 0) is 0 Å². The summed E-state index contributed by atoms with van der Waals surface area (Å²) in [4.78, 5) is 10.9. The van der Waals surface area contributed by atoms with Gasteiger partial charge in [0.05, 0.1) is 29.9 Å². The molecule has 170 valence electrons. The monoisotopic (exact) mass is 461 g/mol. The number of nitrogens with zero attached hydrogens (tertiary/aromatic N) is 2. The van der Waals surface area contributed by atoms with Crippen LogP contribution in [0.2, 0.25) is 0 Å². The van der Waals surface area contributed by atoms with Crippen molar-refractivity contribution >= 4 is 49.0 Å². The summed E-state index contributed by atoms with van der Waals surface area (Å²) in [6.45, 7) is 0. The summed E-state index contributed by atoms with van der Waals surface area (Å²) in [7, 11) is 3.33. The molecule has 35 heavy (non-hydrogen) atoms. The van der Waals surface area contributed by atoms with Gasteiger partial charge >= 0.3 is 0 Å². The Labute approximate surface area is 200 Å². The van der Waals surface area contributed by atoms with Crippen LogP contribution in [0.1, 0.15) is 0 Å². The number of methoxy groups -OCH3 is 2. The number of hydrogen-bond donors (Lipinski definition) is 0. The summed E-state index contributed by atoms with van der Waals surface area (Å²) >= 11 is 0. The van der Waals surface area contributed by atoms with Gasteiger partial charge in [0.15, 0.2) is 0 Å². The largest absolute Gasteiger partial charge is 0.497 e. The van der Waals surface area contributed by atoms with Crippen LogP contribution >= 0.6 is 0 Å². The molecule has 0 saturated heterocycles. The van der Waals surface area contributed by atoms with Gasteiger partial charge in [-0.3, -0.25) is 10.1 Å². The number of hydrogen-bond acceptors (Lipinski definition) is 4. The number of nitro benzene ring substituents is 1. The van der Waals surface area contributed by atoms with Gasteiger partial charge in [0.1, 0.15) is 11.5 Å². The van der Waals surface area contributed by atoms with E-state index in [-0.39, 0.29) is 10.6 Å². The quantitative estimate of drug-likeness (QED) is 0.0988. The highest BCUT2D eigenvalue weighted by Crippen LogP contribution is 2.34. The molecular weight excluding hydrogens is 440 g/mol. The predicted octanol–water partition coefficient (Wildman–Crippen LogP) is 6.50. The Kier molecular flexibility index (Phi) is 4.74. The molecule has 0 aliphatic heterocycles. The van der Waals surface area contributed by atoms with Crippen molar-refractivity contribution in [2.45, 2.75) is 0 Å². The third-order valence-corrected chi connectivity index (χ3v) is 6.58. The van der Waals surface area contributed by atoms with Gasteiger partial charge in [0.25, 0.3) is 5.69 Å². The highest BCUT2D eigenvalue weighted by Gasteiger charge is 2.22. The Balaban J connectivity index is 1.77. The number of rotatable bonds is 4. The van der Waals surface area contributed by atoms with Crippen molar-refractivity contribution in [3.8, 4) is 17.2 Å². The molecule has 0 saturated carbocycles. The lowest BCUT2D eigenvalue weighted by Gasteiger charge is -2.11. The molecule has 0 radical (unpaired) electrons. The number of ether oxygens (including phenoxy) is 2. The number of pyridine rings is 1. The fourth-order valence-electron chi connectivity index (χ4n) is 4.86. The van der Waals surface area contributed by atoms with Crippen LogP contribution in [0.3, 0.4) is 0 Å². The van der Waals surface area contributed by atoms with Crippen LogP contribution in [0.5, 0.6) is 11.5 Å². The number of non-ortho nitro benzene ring substituents is 1. The second-order valence-electron chi connectivity index (χ2n) is 8.42. The van der Waals surface area contributed by atoms with Crippen molar-refractivity contribution in [2.75, 3.05) is 14.2 Å². The molecule has 0 aliphatic carbocycles. The minimum absolute atomic E-state index is 0.0639. The van der Waals surface area contributed by atoms with Crippen LogP contribution in [0.4, 0.5) is 5.69 Å². The minimum Gasteiger partial charge on any atom is -0.497 e. The Hall–Kier alpha value is -4.71. The molecule has 5 aromatic carbocycles. The van der Waals surface area contributed by atoms with Gasteiger partial charge in [-0.1, -0.05) is 0 Å². The molecular formula is C29H21N2O4+. The van der Waals surface area contributed by atoms with Crippen molar-refractivity contribution in [3.63, 3.8) is 0 Å². The zero-order valence-electron chi connectivity index (χ0n) is 19.2. The lowest BCUT2D eigenvalue weighted by molar-refractivity contribution is -0.538. The van der Waals surface area contributed by atoms with E-state index in [9.17, 15) is 10.1 Å². The van der Waals surface area contributed by atoms with Gasteiger partial charge < -0.3 is 9.47 Å². The van der Waals surface area contributed by atoms with Gasteiger partial charge in [-0.2, -0.15) is 4.57 Å². The molecule has 0 bridgehead atoms. The highest BCUT2D eigenvalue weighted by atomic mass is 16.6. The van der Waals surface area contributed by atoms with E-state index in [0.29, 0.717) is 0 Å². The zero-order valence-corrected chi connectivity index (χ0v) is 19.2. The maximum absolute atomic E-state index is 11.2. The zero-order chi connectivity index (χ0) is 24.1. The molecule has 1 aromatic heterocycles. The molecule has 0 fully saturated rings. The third kappa shape index (κ3) is 3.30. The third-order valence-electron chi connectivity index (χ3n) is 6.58. The first-order valence-corrected chi connectivity index (χ1v) is 11.2. The van der Waals surface area contributed by atoms with E-state index in [1.165, 1.54) is 0 Å². The van der Waals surface area contributed by atoms with Gasteiger partial charge in [-0.15, -0.1) is 0 Å². The maximum atomic E-state index is 11.2. The Morgan fingerprint density at radius 2 is 1.14 bits per heavy atom. The molecule has 6 nitrogen and oxygen atoms in total. The van der Waals surface area contributed by atoms with E-state index in [0.717, 1.165) is 60.5 Å². The Morgan fingerprint density at radius 3 is 1.60 bits per heavy atom. The highest BCUT2D eigenvalue weighted by molar-refractivity contribution is 6.13. The van der Waals surface area contributed by atoms with E-state index < -0.39 is 0 Å². The standard InChI is InChI=1S/C29H21N2O4/c1-34-22-9-11-24-18(15-22)3-13-28-26(24)17-27-25-12-10-23(35-2)16-19(25)4-14-29(27)30(28)20-5-7-21(8-6-20)31(32)33/h3-17H,1-2H3/q+1. The number of benzene rings is 5. The molecule has 0 N–H and O–H groups in total. The van der Waals surface area contributed by atoms with Crippen molar-refractivity contribution in [1.29, 1.82) is 0 Å². The van der Waals surface area contributed by atoms with Gasteiger partial charge in [-0.05, 0) is 76.1 Å². The average Bonchev–Trinajstić information content (AvgIpc) is 2.90. The average molecular weight is 461 g/mol. The first-order valence-electron chi connectivity index (χ1n) is 11.2. The Bertz CT molecular complexity index is 1690. The molecule has 6 rings (SSSR count). The summed E-state index contributed by atoms with van der Waals surface area (Å²) in [6.07, 6.45) is 0. The normalized spacial score (nSPS) is 11.4. The van der Waals surface area contributed by atoms with Gasteiger partial charge in [-0.25, -0.2) is 0 Å². The molecule has 1 heterocycles. The summed E-state index contributed by atoms with van der Waals surface area (Å²) in [5, 5.41) is 17.8. The second-order valence-corrected chi connectivity index (χ2v) is 8.42. The van der Waals surface area contributed by atoms with Crippen LogP contribution in [0, 0.1) is 10.1 Å². The van der Waals surface area contributed by atoms with Crippen LogP contribution < -0.4 is 14.0 Å². The van der Waals surface area contributed by atoms with Gasteiger partial charge in [0, 0.05) is 36.4 Å². The van der Waals surface area contributed by atoms with Crippen LogP contribution in [0.15, 0.2) is 91.0 Å². The lowest BCUT2D eigenvalue weighted by atomic mass is 9.99. The first kappa shape index (κ1) is 20.9. The fraction of sp³-hybridized carbons (Fsp3) is 0.0690. The molecule has 0 spiro atoms. The van der Waals surface area contributed by atoms with E-state index in [2.05, 4.69) is 47.0 Å². The van der Waals surface area contributed by atoms with E-state index in [1.807, 2.05) is 24.3 Å². The maximum Gasteiger partial charge on any atom is 0.269 e. The van der Waals surface area contributed by atoms with Crippen molar-refractivity contribution in [3.05, 3.63) is 101 Å². The molecule has 0 atom stereocenters. The number of nitro groups is 1. The molecule has 0 unspecified atom stereocenters. The lowest BCUT2D eigenvalue weighted by Crippen LogP contribution is -2.32. The van der Waals surface area contributed by atoms with E-state index >= 15 is 0 Å². The van der Waals surface area contributed by atoms with Gasteiger partial charge in [0.2, 0.25) is 16.7 Å².